The number of nitrogen functional groups attached to an aromatic ring is 1. The number of hydrogen-bond donors (Lipinski definition) is 6. The summed E-state index contributed by atoms with van der Waals surface area (Å²) in [4.78, 5) is 29.6. The van der Waals surface area contributed by atoms with Crippen molar-refractivity contribution >= 4 is 47.8 Å². The number of anilines is 3. The fourth-order valence-electron chi connectivity index (χ4n) is 2.00. The first kappa shape index (κ1) is 29.7. The summed E-state index contributed by atoms with van der Waals surface area (Å²) >= 11 is 0. The lowest BCUT2D eigenvalue weighted by atomic mass is 10.2. The number of nitrogens with two attached hydrogens (primary N) is 2. The number of hydrogen-bond acceptors (Lipinski definition) is 7. The van der Waals surface area contributed by atoms with E-state index in [0.29, 0.717) is 40.3 Å². The van der Waals surface area contributed by atoms with Gasteiger partial charge in [0.15, 0.2) is 12.1 Å². The van der Waals surface area contributed by atoms with Crippen molar-refractivity contribution in [2.45, 2.75) is 33.6 Å². The van der Waals surface area contributed by atoms with Crippen molar-refractivity contribution in [3.8, 4) is 0 Å². The van der Waals surface area contributed by atoms with Crippen LogP contribution in [0.15, 0.2) is 53.0 Å². The van der Waals surface area contributed by atoms with Gasteiger partial charge < -0.3 is 32.9 Å². The van der Waals surface area contributed by atoms with Crippen LogP contribution in [0.1, 0.15) is 44.9 Å². The summed E-state index contributed by atoms with van der Waals surface area (Å²) in [5.74, 6) is 0.623. The molecule has 2 rings (SSSR count). The lowest BCUT2D eigenvalue weighted by Crippen LogP contribution is -2.20. The molecule has 10 nitrogen and oxygen atoms in total. The number of carbonyl (C=O) groups excluding carboxylic acids is 2. The highest BCUT2D eigenvalue weighted by Crippen LogP contribution is 2.16. The Kier molecular flexibility index (Phi) is 15.0. The number of unbranched alkanes of at least 4 members (excludes halogenated alkanes) is 1. The predicted octanol–water partition coefficient (Wildman–Crippen LogP) is 4.23. The van der Waals surface area contributed by atoms with Gasteiger partial charge in [0.2, 0.25) is 0 Å². The van der Waals surface area contributed by atoms with E-state index in [1.807, 2.05) is 0 Å². The van der Waals surface area contributed by atoms with E-state index in [9.17, 15) is 9.59 Å². The van der Waals surface area contributed by atoms with Gasteiger partial charge in [0, 0.05) is 42.0 Å². The Morgan fingerprint density at radius 3 is 2.32 bits per heavy atom. The molecule has 0 fully saturated rings. The number of amidine groups is 1. The molecule has 0 unspecified atom stereocenters. The highest BCUT2D eigenvalue weighted by Gasteiger charge is 2.07. The molecular formula is C24H34N8O2. The van der Waals surface area contributed by atoms with E-state index in [0.717, 1.165) is 12.4 Å². The molecule has 8 N–H and O–H groups in total. The molecule has 1 aromatic heterocycles. The third kappa shape index (κ3) is 11.3. The quantitative estimate of drug-likeness (QED) is 0.117. The van der Waals surface area contributed by atoms with Crippen LogP contribution >= 0.6 is 0 Å². The third-order valence-electron chi connectivity index (χ3n) is 4.12. The number of aromatic nitrogens is 1. The summed E-state index contributed by atoms with van der Waals surface area (Å²) in [5.41, 5.74) is 13.7. The average Bonchev–Trinajstić information content (AvgIpc) is 2.86. The molecule has 0 atom stereocenters. The van der Waals surface area contributed by atoms with E-state index in [1.54, 1.807) is 56.4 Å². The van der Waals surface area contributed by atoms with Crippen LogP contribution in [-0.4, -0.2) is 42.6 Å². The molecule has 182 valence electrons. The Hall–Kier alpha value is -4.34. The first-order valence-electron chi connectivity index (χ1n) is 10.6. The van der Waals surface area contributed by atoms with Gasteiger partial charge in [-0.25, -0.2) is 9.78 Å². The van der Waals surface area contributed by atoms with Gasteiger partial charge in [-0.15, -0.1) is 0 Å². The predicted molar refractivity (Wildman–Crippen MR) is 141 cm³/mol. The van der Waals surface area contributed by atoms with Crippen molar-refractivity contribution in [3.63, 3.8) is 0 Å². The van der Waals surface area contributed by atoms with Crippen LogP contribution < -0.4 is 22.1 Å². The molecule has 0 radical (unpaired) electrons. The van der Waals surface area contributed by atoms with Crippen molar-refractivity contribution in [1.29, 1.82) is 10.8 Å². The van der Waals surface area contributed by atoms with Crippen molar-refractivity contribution in [2.24, 2.45) is 10.7 Å². The number of nitrogens with one attached hydrogen (secondary N) is 4. The summed E-state index contributed by atoms with van der Waals surface area (Å²) in [5, 5.41) is 19.2. The van der Waals surface area contributed by atoms with E-state index < -0.39 is 6.03 Å². The minimum atomic E-state index is -0.639. The maximum atomic E-state index is 11.9. The van der Waals surface area contributed by atoms with Gasteiger partial charge >= 0.3 is 6.03 Å². The first-order chi connectivity index (χ1) is 16.3. The highest BCUT2D eigenvalue weighted by molar-refractivity contribution is 6.06. The summed E-state index contributed by atoms with van der Waals surface area (Å²) in [6.07, 6.45) is 7.00. The fourth-order valence-corrected chi connectivity index (χ4v) is 2.00. The van der Waals surface area contributed by atoms with Gasteiger partial charge in [-0.05, 0) is 37.3 Å². The van der Waals surface area contributed by atoms with Crippen LogP contribution in [0, 0.1) is 10.8 Å². The smallest absolute Gasteiger partial charge is 0.347 e. The average molecular weight is 467 g/mol. The van der Waals surface area contributed by atoms with Crippen molar-refractivity contribution in [3.05, 3.63) is 59.3 Å². The molecule has 2 amide bonds. The monoisotopic (exact) mass is 466 g/mol. The number of allylic oxidation sites excluding steroid dienone is 2. The molecule has 0 bridgehead atoms. The molecule has 2 aromatic rings. The molecule has 10 heteroatoms. The maximum absolute atomic E-state index is 11.9. The zero-order valence-corrected chi connectivity index (χ0v) is 20.1. The standard InChI is InChI=1S/C15H17N7O.C5H7NO.C4H10/c1-19-13-4-2-3-12(21-13)14(18)22-15(23)20-10-5-6-11(17)9(7-10)8-16;1-2-5(3-6)4-7;1-3-4-2/h2-8,16H,17H2,1H3,(H,19,21)(H3,18,20,22,23);2-4,6H,1H3;3-4H2,1-2H3/b;5-2+,6-3?;. The second-order valence-electron chi connectivity index (χ2n) is 6.62. The number of aldehydes is 1. The van der Waals surface area contributed by atoms with Crippen LogP contribution in [0.3, 0.4) is 0 Å². The number of rotatable bonds is 7. The molecule has 0 spiro atoms. The third-order valence-corrected chi connectivity index (χ3v) is 4.12. The van der Waals surface area contributed by atoms with Crippen LogP contribution in [0.5, 0.6) is 0 Å². The second-order valence-corrected chi connectivity index (χ2v) is 6.62. The van der Waals surface area contributed by atoms with Gasteiger partial charge in [-0.3, -0.25) is 4.79 Å². The number of urea groups is 1. The van der Waals surface area contributed by atoms with Crippen LogP contribution in [0.4, 0.5) is 22.0 Å². The summed E-state index contributed by atoms with van der Waals surface area (Å²) in [6.45, 7) is 6.08. The molecule has 1 aromatic carbocycles. The number of benzene rings is 1. The number of pyridine rings is 1. The molecule has 0 aliphatic rings. The molecule has 34 heavy (non-hydrogen) atoms. The molecular weight excluding hydrogens is 432 g/mol. The van der Waals surface area contributed by atoms with Gasteiger partial charge in [0.25, 0.3) is 0 Å². The molecule has 0 aliphatic heterocycles. The van der Waals surface area contributed by atoms with E-state index in [1.165, 1.54) is 12.8 Å². The SMILES string of the molecule is C/C=C(\C=N)C=O.CCCC.CNc1cccc(/C(N)=N/C(=O)Nc2ccc(N)c(C=N)c2)n1. The number of aliphatic imine (C=N–C) groups is 1. The normalized spacial score (nSPS) is 10.5. The summed E-state index contributed by atoms with van der Waals surface area (Å²) in [7, 11) is 1.73. The van der Waals surface area contributed by atoms with Crippen LogP contribution in [-0.2, 0) is 4.79 Å². The van der Waals surface area contributed by atoms with Crippen LogP contribution in [0.2, 0.25) is 0 Å². The van der Waals surface area contributed by atoms with E-state index in [4.69, 9.17) is 22.3 Å². The molecule has 0 saturated heterocycles. The minimum Gasteiger partial charge on any atom is -0.398 e. The Morgan fingerprint density at radius 1 is 1.18 bits per heavy atom. The molecule has 1 heterocycles. The second kappa shape index (κ2) is 17.2. The lowest BCUT2D eigenvalue weighted by molar-refractivity contribution is -0.104. The number of amides is 2. The largest absolute Gasteiger partial charge is 0.398 e. The topological polar surface area (TPSA) is 183 Å². The first-order valence-corrected chi connectivity index (χ1v) is 10.6. The van der Waals surface area contributed by atoms with E-state index in [2.05, 4.69) is 34.5 Å². The van der Waals surface area contributed by atoms with Gasteiger partial charge in [-0.2, -0.15) is 4.99 Å². The summed E-state index contributed by atoms with van der Waals surface area (Å²) in [6, 6.07) is 9.33. The van der Waals surface area contributed by atoms with Crippen molar-refractivity contribution in [1.82, 2.24) is 4.98 Å². The van der Waals surface area contributed by atoms with Crippen molar-refractivity contribution in [2.75, 3.05) is 23.4 Å². The summed E-state index contributed by atoms with van der Waals surface area (Å²) < 4.78 is 0. The van der Waals surface area contributed by atoms with E-state index in [-0.39, 0.29) is 5.84 Å². The minimum absolute atomic E-state index is 0.00215. The Morgan fingerprint density at radius 2 is 1.85 bits per heavy atom. The Balaban J connectivity index is 0.000000826. The number of nitrogens with zero attached hydrogens (tertiary/aromatic N) is 2. The van der Waals surface area contributed by atoms with Gasteiger partial charge in [-0.1, -0.05) is 38.8 Å². The Labute approximate surface area is 200 Å². The van der Waals surface area contributed by atoms with Crippen molar-refractivity contribution < 1.29 is 9.59 Å². The van der Waals surface area contributed by atoms with Crippen LogP contribution in [0.25, 0.3) is 0 Å². The zero-order chi connectivity index (χ0) is 25.9. The van der Waals surface area contributed by atoms with E-state index >= 15 is 0 Å². The lowest BCUT2D eigenvalue weighted by Gasteiger charge is -2.06. The zero-order valence-electron chi connectivity index (χ0n) is 20.1. The molecule has 0 aliphatic carbocycles. The van der Waals surface area contributed by atoms with Gasteiger partial charge in [0.05, 0.1) is 0 Å². The van der Waals surface area contributed by atoms with Gasteiger partial charge in [0.1, 0.15) is 11.5 Å². The fraction of sp³-hybridized carbons (Fsp3) is 0.250. The number of carbonyl (C=O) groups is 2. The molecule has 0 saturated carbocycles. The maximum Gasteiger partial charge on any atom is 0.347 e. The Bertz CT molecular complexity index is 1000. The highest BCUT2D eigenvalue weighted by atomic mass is 16.2.